The number of nitrogens with one attached hydrogen (secondary N) is 1. The number of hydrogen-bond acceptors (Lipinski definition) is 5. The third kappa shape index (κ3) is 2.80. The summed E-state index contributed by atoms with van der Waals surface area (Å²) in [5.74, 6) is 1.71. The maximum absolute atomic E-state index is 12.4. The average Bonchev–Trinajstić information content (AvgIpc) is 2.87. The Hall–Kier alpha value is -2.60. The van der Waals surface area contributed by atoms with Gasteiger partial charge < -0.3 is 14.5 Å². The topological polar surface area (TPSA) is 64.2 Å². The molecule has 0 saturated heterocycles. The van der Waals surface area contributed by atoms with Crippen molar-refractivity contribution >= 4 is 21.6 Å². The zero-order valence-electron chi connectivity index (χ0n) is 13.8. The largest absolute Gasteiger partial charge is 0.493 e. The van der Waals surface area contributed by atoms with Crippen LogP contribution in [-0.4, -0.2) is 23.7 Å². The summed E-state index contributed by atoms with van der Waals surface area (Å²) < 4.78 is 10.9. The number of rotatable bonds is 5. The van der Waals surface area contributed by atoms with Crippen LogP contribution in [0.25, 0.3) is 21.6 Å². The molecule has 0 unspecified atom stereocenters. The van der Waals surface area contributed by atoms with Crippen molar-refractivity contribution in [3.05, 3.63) is 51.6 Å². The average molecular weight is 342 g/mol. The van der Waals surface area contributed by atoms with Gasteiger partial charge in [-0.05, 0) is 37.6 Å². The summed E-state index contributed by atoms with van der Waals surface area (Å²) in [6, 6.07) is 5.45. The fourth-order valence-electron chi connectivity index (χ4n) is 2.47. The van der Waals surface area contributed by atoms with Gasteiger partial charge in [-0.25, -0.2) is 4.98 Å². The number of aromatic nitrogens is 2. The number of aromatic amines is 1. The van der Waals surface area contributed by atoms with E-state index in [2.05, 4.69) is 16.5 Å². The van der Waals surface area contributed by atoms with E-state index in [4.69, 9.17) is 9.47 Å². The zero-order valence-corrected chi connectivity index (χ0v) is 14.6. The van der Waals surface area contributed by atoms with Crippen LogP contribution in [0.3, 0.4) is 0 Å². The monoisotopic (exact) mass is 342 g/mol. The highest BCUT2D eigenvalue weighted by Gasteiger charge is 2.14. The molecule has 0 fully saturated rings. The van der Waals surface area contributed by atoms with Crippen molar-refractivity contribution in [2.24, 2.45) is 0 Å². The fourth-order valence-corrected chi connectivity index (χ4v) is 3.50. The highest BCUT2D eigenvalue weighted by atomic mass is 32.1. The summed E-state index contributed by atoms with van der Waals surface area (Å²) in [5, 5.41) is 0.666. The minimum atomic E-state index is -0.122. The molecule has 0 amide bonds. The summed E-state index contributed by atoms with van der Waals surface area (Å²) in [6.07, 6.45) is 1.67. The summed E-state index contributed by atoms with van der Waals surface area (Å²) in [7, 11) is 1.57. The van der Waals surface area contributed by atoms with Crippen LogP contribution in [0.2, 0.25) is 0 Å². The lowest BCUT2D eigenvalue weighted by Crippen LogP contribution is -2.09. The quantitative estimate of drug-likeness (QED) is 0.716. The van der Waals surface area contributed by atoms with Gasteiger partial charge >= 0.3 is 0 Å². The Balaban J connectivity index is 2.10. The molecule has 1 N–H and O–H groups in total. The number of hydrogen-bond donors (Lipinski definition) is 1. The van der Waals surface area contributed by atoms with Crippen LogP contribution in [0.5, 0.6) is 11.5 Å². The van der Waals surface area contributed by atoms with Crippen LogP contribution in [0, 0.1) is 13.8 Å². The van der Waals surface area contributed by atoms with Gasteiger partial charge in [0.2, 0.25) is 0 Å². The van der Waals surface area contributed by atoms with Gasteiger partial charge in [-0.2, -0.15) is 0 Å². The van der Waals surface area contributed by atoms with Gasteiger partial charge in [-0.1, -0.05) is 12.7 Å². The lowest BCUT2D eigenvalue weighted by atomic mass is 10.1. The molecule has 0 saturated carbocycles. The number of benzene rings is 1. The number of H-pyrrole nitrogens is 1. The van der Waals surface area contributed by atoms with Crippen LogP contribution in [-0.2, 0) is 0 Å². The molecular weight excluding hydrogens is 324 g/mol. The molecule has 0 bridgehead atoms. The molecular formula is C18H18N2O3S. The molecule has 0 atom stereocenters. The second-order valence-corrected chi connectivity index (χ2v) is 6.55. The minimum absolute atomic E-state index is 0.122. The van der Waals surface area contributed by atoms with Crippen molar-refractivity contribution in [3.63, 3.8) is 0 Å². The van der Waals surface area contributed by atoms with Crippen molar-refractivity contribution in [2.75, 3.05) is 13.7 Å². The Kier molecular flexibility index (Phi) is 4.40. The van der Waals surface area contributed by atoms with Crippen molar-refractivity contribution in [3.8, 4) is 22.9 Å². The van der Waals surface area contributed by atoms with E-state index >= 15 is 0 Å². The second kappa shape index (κ2) is 6.49. The predicted molar refractivity (Wildman–Crippen MR) is 97.4 cm³/mol. The van der Waals surface area contributed by atoms with E-state index < -0.39 is 0 Å². The van der Waals surface area contributed by atoms with Gasteiger partial charge in [0.25, 0.3) is 5.56 Å². The van der Waals surface area contributed by atoms with Gasteiger partial charge in [0.1, 0.15) is 17.3 Å². The van der Waals surface area contributed by atoms with E-state index in [1.165, 1.54) is 11.3 Å². The zero-order chi connectivity index (χ0) is 17.3. The summed E-state index contributed by atoms with van der Waals surface area (Å²) in [4.78, 5) is 21.7. The van der Waals surface area contributed by atoms with E-state index in [9.17, 15) is 4.79 Å². The molecule has 0 aliphatic heterocycles. The SMILES string of the molecule is C=CCOc1ccc(-c2nc3sc(C)c(C)c3c(=O)[nH]2)cc1OC. The molecule has 2 heterocycles. The van der Waals surface area contributed by atoms with Crippen LogP contribution < -0.4 is 15.0 Å². The van der Waals surface area contributed by atoms with E-state index in [0.29, 0.717) is 29.3 Å². The van der Waals surface area contributed by atoms with E-state index in [1.807, 2.05) is 19.9 Å². The first-order valence-corrected chi connectivity index (χ1v) is 8.29. The Labute approximate surface area is 143 Å². The summed E-state index contributed by atoms with van der Waals surface area (Å²) in [5.41, 5.74) is 1.63. The second-order valence-electron chi connectivity index (χ2n) is 5.34. The molecule has 0 radical (unpaired) electrons. The maximum atomic E-state index is 12.4. The van der Waals surface area contributed by atoms with Gasteiger partial charge in [-0.15, -0.1) is 11.3 Å². The van der Waals surface area contributed by atoms with E-state index in [-0.39, 0.29) is 5.56 Å². The highest BCUT2D eigenvalue weighted by molar-refractivity contribution is 7.18. The third-order valence-corrected chi connectivity index (χ3v) is 4.93. The Morgan fingerprint density at radius 1 is 1.33 bits per heavy atom. The predicted octanol–water partition coefficient (Wildman–Crippen LogP) is 3.84. The van der Waals surface area contributed by atoms with Gasteiger partial charge in [0.05, 0.1) is 12.5 Å². The molecule has 3 rings (SSSR count). The molecule has 5 nitrogen and oxygen atoms in total. The van der Waals surface area contributed by atoms with Gasteiger partial charge in [-0.3, -0.25) is 4.79 Å². The lowest BCUT2D eigenvalue weighted by Gasteiger charge is -2.10. The van der Waals surface area contributed by atoms with Crippen molar-refractivity contribution in [2.45, 2.75) is 13.8 Å². The first kappa shape index (κ1) is 16.3. The molecule has 0 spiro atoms. The Bertz CT molecular complexity index is 972. The number of aryl methyl sites for hydroxylation is 2. The van der Waals surface area contributed by atoms with Crippen LogP contribution in [0.1, 0.15) is 10.4 Å². The summed E-state index contributed by atoms with van der Waals surface area (Å²) in [6.45, 7) is 7.96. The van der Waals surface area contributed by atoms with Crippen LogP contribution in [0.4, 0.5) is 0 Å². The number of fused-ring (bicyclic) bond motifs is 1. The molecule has 124 valence electrons. The lowest BCUT2D eigenvalue weighted by molar-refractivity contribution is 0.326. The van der Waals surface area contributed by atoms with Crippen LogP contribution in [0.15, 0.2) is 35.6 Å². The van der Waals surface area contributed by atoms with Crippen LogP contribution >= 0.6 is 11.3 Å². The molecule has 0 aliphatic rings. The Morgan fingerprint density at radius 3 is 2.83 bits per heavy atom. The number of methoxy groups -OCH3 is 1. The standard InChI is InChI=1S/C18H18N2O3S/c1-5-8-23-13-7-6-12(9-14(13)22-4)16-19-17(21)15-10(2)11(3)24-18(15)20-16/h5-7,9H,1,8H2,2-4H3,(H,19,20,21). The minimum Gasteiger partial charge on any atom is -0.493 e. The van der Waals surface area contributed by atoms with Crippen molar-refractivity contribution in [1.29, 1.82) is 0 Å². The molecule has 3 aromatic rings. The van der Waals surface area contributed by atoms with Gasteiger partial charge in [0, 0.05) is 10.4 Å². The molecule has 24 heavy (non-hydrogen) atoms. The molecule has 6 heteroatoms. The Morgan fingerprint density at radius 2 is 2.12 bits per heavy atom. The van der Waals surface area contributed by atoms with E-state index in [0.717, 1.165) is 20.8 Å². The summed E-state index contributed by atoms with van der Waals surface area (Å²) >= 11 is 1.53. The molecule has 1 aromatic carbocycles. The van der Waals surface area contributed by atoms with E-state index in [1.54, 1.807) is 25.3 Å². The van der Waals surface area contributed by atoms with Gasteiger partial charge in [0.15, 0.2) is 11.5 Å². The fraction of sp³-hybridized carbons (Fsp3) is 0.222. The highest BCUT2D eigenvalue weighted by Crippen LogP contribution is 2.32. The third-order valence-electron chi connectivity index (χ3n) is 3.83. The first-order valence-electron chi connectivity index (χ1n) is 7.47. The van der Waals surface area contributed by atoms with Crippen molar-refractivity contribution in [1.82, 2.24) is 9.97 Å². The first-order chi connectivity index (χ1) is 11.5. The number of thiophene rings is 1. The number of nitrogens with zero attached hydrogens (tertiary/aromatic N) is 1. The number of ether oxygens (including phenoxy) is 2. The maximum Gasteiger partial charge on any atom is 0.260 e. The van der Waals surface area contributed by atoms with Crippen molar-refractivity contribution < 1.29 is 9.47 Å². The normalized spacial score (nSPS) is 10.8. The smallest absolute Gasteiger partial charge is 0.260 e. The molecule has 2 aromatic heterocycles. The molecule has 0 aliphatic carbocycles.